The molecule has 0 aliphatic heterocycles. The lowest BCUT2D eigenvalue weighted by Gasteiger charge is -1.98. The van der Waals surface area contributed by atoms with Gasteiger partial charge in [-0.1, -0.05) is 24.7 Å². The Balaban J connectivity index is 0.000000277. The average Bonchev–Trinajstić information content (AvgIpc) is 3.10. The van der Waals surface area contributed by atoms with Crippen molar-refractivity contribution in [3.63, 3.8) is 0 Å². The molecule has 1 aromatic carbocycles. The maximum atomic E-state index is 11.2. The van der Waals surface area contributed by atoms with Gasteiger partial charge in [0, 0.05) is 25.3 Å². The zero-order chi connectivity index (χ0) is 17.1. The Labute approximate surface area is 137 Å². The lowest BCUT2D eigenvalue weighted by molar-refractivity contribution is -0.141. The van der Waals surface area contributed by atoms with Gasteiger partial charge < -0.3 is 15.2 Å². The molecule has 124 valence electrons. The SMILES string of the molecule is CNC(=O)c1ccc(C#CCOC)cc1.O=C(O)C1CCCC1. The van der Waals surface area contributed by atoms with Gasteiger partial charge in [0.2, 0.25) is 0 Å². The van der Waals surface area contributed by atoms with Crippen molar-refractivity contribution in [3.05, 3.63) is 35.4 Å². The van der Waals surface area contributed by atoms with E-state index in [0.717, 1.165) is 31.2 Å². The number of hydrogen-bond acceptors (Lipinski definition) is 3. The monoisotopic (exact) mass is 317 g/mol. The zero-order valence-corrected chi connectivity index (χ0v) is 13.6. The molecular weight excluding hydrogens is 294 g/mol. The number of aliphatic carboxylic acids is 1. The molecule has 0 unspecified atom stereocenters. The predicted octanol–water partition coefficient (Wildman–Crippen LogP) is 2.31. The molecule has 2 N–H and O–H groups in total. The van der Waals surface area contributed by atoms with Crippen LogP contribution in [0, 0.1) is 17.8 Å². The first-order valence-corrected chi connectivity index (χ1v) is 7.61. The normalized spacial score (nSPS) is 13.3. The maximum absolute atomic E-state index is 11.2. The molecule has 0 spiro atoms. The van der Waals surface area contributed by atoms with E-state index in [9.17, 15) is 9.59 Å². The molecule has 1 fully saturated rings. The number of carboxylic acid groups (broad SMARTS) is 1. The number of hydrogen-bond donors (Lipinski definition) is 2. The molecule has 0 saturated heterocycles. The molecule has 5 heteroatoms. The lowest BCUT2D eigenvalue weighted by Crippen LogP contribution is -2.17. The van der Waals surface area contributed by atoms with Crippen LogP contribution in [0.15, 0.2) is 24.3 Å². The highest BCUT2D eigenvalue weighted by molar-refractivity contribution is 5.94. The minimum Gasteiger partial charge on any atom is -0.481 e. The Kier molecular flexibility index (Phi) is 8.48. The van der Waals surface area contributed by atoms with Crippen LogP contribution in [0.4, 0.5) is 0 Å². The van der Waals surface area contributed by atoms with E-state index in [1.807, 2.05) is 12.1 Å². The summed E-state index contributed by atoms with van der Waals surface area (Å²) < 4.78 is 4.81. The van der Waals surface area contributed by atoms with Gasteiger partial charge in [-0.3, -0.25) is 9.59 Å². The minimum atomic E-state index is -0.609. The quantitative estimate of drug-likeness (QED) is 0.839. The van der Waals surface area contributed by atoms with E-state index >= 15 is 0 Å². The Morgan fingerprint density at radius 1 is 1.26 bits per heavy atom. The van der Waals surface area contributed by atoms with Gasteiger partial charge in [0.15, 0.2) is 0 Å². The standard InChI is InChI=1S/C12H13NO2.C6H10O2/c1-13-12(14)11-7-5-10(6-8-11)4-3-9-15-2;7-6(8)5-3-1-2-4-5/h5-8H,9H2,1-2H3,(H,13,14);5H,1-4H2,(H,7,8). The van der Waals surface area contributed by atoms with Crippen LogP contribution >= 0.6 is 0 Å². The Morgan fingerprint density at radius 3 is 2.30 bits per heavy atom. The van der Waals surface area contributed by atoms with Gasteiger partial charge >= 0.3 is 5.97 Å². The van der Waals surface area contributed by atoms with Gasteiger partial charge in [-0.25, -0.2) is 0 Å². The molecule has 1 aromatic rings. The smallest absolute Gasteiger partial charge is 0.306 e. The number of methoxy groups -OCH3 is 1. The summed E-state index contributed by atoms with van der Waals surface area (Å²) in [5.74, 6) is 5.05. The first-order valence-electron chi connectivity index (χ1n) is 7.61. The van der Waals surface area contributed by atoms with Crippen LogP contribution in [-0.4, -0.2) is 37.7 Å². The van der Waals surface area contributed by atoms with Crippen LogP contribution in [0.25, 0.3) is 0 Å². The van der Waals surface area contributed by atoms with Gasteiger partial charge in [0.1, 0.15) is 6.61 Å². The molecule has 0 heterocycles. The van der Waals surface area contributed by atoms with E-state index in [4.69, 9.17) is 9.84 Å². The summed E-state index contributed by atoms with van der Waals surface area (Å²) in [5.41, 5.74) is 1.51. The Morgan fingerprint density at radius 2 is 1.87 bits per heavy atom. The summed E-state index contributed by atoms with van der Waals surface area (Å²) >= 11 is 0. The number of rotatable bonds is 3. The molecule has 0 aromatic heterocycles. The van der Waals surface area contributed by atoms with Crippen molar-refractivity contribution in [2.75, 3.05) is 20.8 Å². The van der Waals surface area contributed by atoms with Crippen LogP contribution in [0.1, 0.15) is 41.6 Å². The van der Waals surface area contributed by atoms with Crippen molar-refractivity contribution in [2.45, 2.75) is 25.7 Å². The van der Waals surface area contributed by atoms with Gasteiger partial charge in [-0.05, 0) is 37.1 Å². The molecule has 1 aliphatic rings. The highest BCUT2D eigenvalue weighted by Gasteiger charge is 2.21. The molecule has 1 amide bonds. The van der Waals surface area contributed by atoms with Gasteiger partial charge in [-0.2, -0.15) is 0 Å². The fourth-order valence-corrected chi connectivity index (χ4v) is 2.23. The minimum absolute atomic E-state index is 0.0185. The Bertz CT molecular complexity index is 563. The highest BCUT2D eigenvalue weighted by Crippen LogP contribution is 2.24. The fourth-order valence-electron chi connectivity index (χ4n) is 2.23. The summed E-state index contributed by atoms with van der Waals surface area (Å²) in [6.07, 6.45) is 4.01. The molecule has 23 heavy (non-hydrogen) atoms. The second kappa shape index (κ2) is 10.4. The number of benzene rings is 1. The van der Waals surface area contributed by atoms with Crippen molar-refractivity contribution in [1.29, 1.82) is 0 Å². The topological polar surface area (TPSA) is 75.6 Å². The van der Waals surface area contributed by atoms with Crippen LogP contribution < -0.4 is 5.32 Å². The number of amides is 1. The Hall–Kier alpha value is -2.32. The summed E-state index contributed by atoms with van der Waals surface area (Å²) in [4.78, 5) is 21.4. The van der Waals surface area contributed by atoms with Crippen LogP contribution in [-0.2, 0) is 9.53 Å². The molecule has 1 saturated carbocycles. The van der Waals surface area contributed by atoms with Crippen molar-refractivity contribution in [2.24, 2.45) is 5.92 Å². The molecule has 2 rings (SSSR count). The third-order valence-corrected chi connectivity index (χ3v) is 3.53. The summed E-state index contributed by atoms with van der Waals surface area (Å²) in [7, 11) is 3.21. The van der Waals surface area contributed by atoms with Crippen molar-refractivity contribution < 1.29 is 19.4 Å². The first kappa shape index (κ1) is 18.7. The molecule has 0 bridgehead atoms. The van der Waals surface area contributed by atoms with Gasteiger partial charge in [0.05, 0.1) is 5.92 Å². The van der Waals surface area contributed by atoms with E-state index < -0.39 is 5.97 Å². The van der Waals surface area contributed by atoms with E-state index in [1.54, 1.807) is 26.3 Å². The number of nitrogens with one attached hydrogen (secondary N) is 1. The van der Waals surface area contributed by atoms with Crippen molar-refractivity contribution >= 4 is 11.9 Å². The third-order valence-electron chi connectivity index (χ3n) is 3.53. The van der Waals surface area contributed by atoms with Gasteiger partial charge in [-0.15, -0.1) is 0 Å². The summed E-state index contributed by atoms with van der Waals surface area (Å²) in [6, 6.07) is 7.12. The zero-order valence-electron chi connectivity index (χ0n) is 13.6. The maximum Gasteiger partial charge on any atom is 0.306 e. The molecule has 1 aliphatic carbocycles. The number of carbonyl (C=O) groups excluding carboxylic acids is 1. The largest absolute Gasteiger partial charge is 0.481 e. The van der Waals surface area contributed by atoms with E-state index in [1.165, 1.54) is 0 Å². The number of carbonyl (C=O) groups is 2. The van der Waals surface area contributed by atoms with Crippen molar-refractivity contribution in [3.8, 4) is 11.8 Å². The highest BCUT2D eigenvalue weighted by atomic mass is 16.5. The number of carboxylic acids is 1. The van der Waals surface area contributed by atoms with Gasteiger partial charge in [0.25, 0.3) is 5.91 Å². The fraction of sp³-hybridized carbons (Fsp3) is 0.444. The first-order chi connectivity index (χ1) is 11.1. The number of ether oxygens (including phenoxy) is 1. The van der Waals surface area contributed by atoms with Crippen LogP contribution in [0.2, 0.25) is 0 Å². The van der Waals surface area contributed by atoms with E-state index in [-0.39, 0.29) is 11.8 Å². The summed E-state index contributed by atoms with van der Waals surface area (Å²) in [6.45, 7) is 0.414. The molecule has 5 nitrogen and oxygen atoms in total. The predicted molar refractivity (Wildman–Crippen MR) is 88.2 cm³/mol. The third kappa shape index (κ3) is 6.98. The summed E-state index contributed by atoms with van der Waals surface area (Å²) in [5, 5.41) is 11.0. The lowest BCUT2D eigenvalue weighted by atomic mass is 10.1. The van der Waals surface area contributed by atoms with Crippen molar-refractivity contribution in [1.82, 2.24) is 5.32 Å². The van der Waals surface area contributed by atoms with Crippen LogP contribution in [0.3, 0.4) is 0 Å². The molecular formula is C18H23NO4. The second-order valence-electron chi connectivity index (χ2n) is 5.21. The average molecular weight is 317 g/mol. The van der Waals surface area contributed by atoms with E-state index in [2.05, 4.69) is 17.2 Å². The molecule has 0 atom stereocenters. The van der Waals surface area contributed by atoms with E-state index in [0.29, 0.717) is 12.2 Å². The van der Waals surface area contributed by atoms with Crippen LogP contribution in [0.5, 0.6) is 0 Å². The molecule has 0 radical (unpaired) electrons. The second-order valence-corrected chi connectivity index (χ2v) is 5.21.